The van der Waals surface area contributed by atoms with Gasteiger partial charge in [-0.25, -0.2) is 0 Å². The Morgan fingerprint density at radius 3 is 2.18 bits per heavy atom. The van der Waals surface area contributed by atoms with Crippen molar-refractivity contribution in [2.75, 3.05) is 12.4 Å². The maximum absolute atomic E-state index is 14.5. The highest BCUT2D eigenvalue weighted by Crippen LogP contribution is 2.77. The molecule has 5 heteroatoms. The van der Waals surface area contributed by atoms with E-state index in [1.165, 1.54) is 42.4 Å². The molecule has 5 aliphatic rings. The zero-order chi connectivity index (χ0) is 35.1. The van der Waals surface area contributed by atoms with Crippen molar-refractivity contribution in [3.05, 3.63) is 77.9 Å². The highest BCUT2D eigenvalue weighted by molar-refractivity contribution is 5.96. The Kier molecular flexibility index (Phi) is 8.35. The molecule has 3 N–H and O–H groups in total. The summed E-state index contributed by atoms with van der Waals surface area (Å²) < 4.78 is 5.37. The molecule has 0 radical (unpaired) electrons. The van der Waals surface area contributed by atoms with E-state index in [9.17, 15) is 15.0 Å². The number of anilines is 1. The molecule has 5 nitrogen and oxygen atoms in total. The predicted octanol–water partition coefficient (Wildman–Crippen LogP) is 9.97. The van der Waals surface area contributed by atoms with E-state index >= 15 is 0 Å². The van der Waals surface area contributed by atoms with Crippen LogP contribution in [0.15, 0.2) is 66.8 Å². The summed E-state index contributed by atoms with van der Waals surface area (Å²) in [5, 5.41) is 22.7. The van der Waals surface area contributed by atoms with Crippen molar-refractivity contribution in [2.24, 2.45) is 56.7 Å². The van der Waals surface area contributed by atoms with E-state index in [4.69, 9.17) is 4.74 Å². The van der Waals surface area contributed by atoms with Gasteiger partial charge in [0.25, 0.3) is 0 Å². The highest BCUT2D eigenvalue weighted by atomic mass is 16.5. The number of carbonyl (C=O) groups is 1. The van der Waals surface area contributed by atoms with Gasteiger partial charge in [0.05, 0.1) is 12.5 Å². The van der Waals surface area contributed by atoms with Gasteiger partial charge in [-0.05, 0) is 151 Å². The van der Waals surface area contributed by atoms with Gasteiger partial charge in [0, 0.05) is 11.3 Å². The van der Waals surface area contributed by atoms with Gasteiger partial charge in [0.1, 0.15) is 5.75 Å². The summed E-state index contributed by atoms with van der Waals surface area (Å²) in [4.78, 5) is 14.5. The molecule has 0 heterocycles. The van der Waals surface area contributed by atoms with Crippen LogP contribution in [0.2, 0.25) is 0 Å². The van der Waals surface area contributed by atoms with Crippen LogP contribution in [0.3, 0.4) is 0 Å². The molecule has 9 unspecified atom stereocenters. The zero-order valence-electron chi connectivity index (χ0n) is 30.9. The molecule has 264 valence electrons. The molecule has 1 amide bonds. The fourth-order valence-corrected chi connectivity index (χ4v) is 13.4. The number of nitrogens with one attached hydrogen (secondary N) is 1. The van der Waals surface area contributed by atoms with Crippen molar-refractivity contribution in [3.63, 3.8) is 0 Å². The minimum atomic E-state index is -1.44. The summed E-state index contributed by atoms with van der Waals surface area (Å²) in [6.07, 6.45) is 11.1. The molecule has 0 aromatic heterocycles. The van der Waals surface area contributed by atoms with E-state index in [1.54, 1.807) is 7.11 Å². The molecule has 0 saturated heterocycles. The second-order valence-corrected chi connectivity index (χ2v) is 18.1. The maximum atomic E-state index is 14.5. The van der Waals surface area contributed by atoms with Crippen molar-refractivity contribution >= 4 is 17.2 Å². The number of allylic oxidation sites excluding steroid dienone is 3. The quantitative estimate of drug-likeness (QED) is 0.212. The molecule has 9 atom stereocenters. The Bertz CT molecular complexity index is 1640. The minimum absolute atomic E-state index is 0.00317. The van der Waals surface area contributed by atoms with Crippen LogP contribution in [-0.4, -0.2) is 23.2 Å². The third-order valence-corrected chi connectivity index (χ3v) is 16.0. The lowest BCUT2D eigenvalue weighted by Gasteiger charge is -2.72. The minimum Gasteiger partial charge on any atom is -0.497 e. The van der Waals surface area contributed by atoms with Crippen molar-refractivity contribution in [1.29, 1.82) is 0 Å². The van der Waals surface area contributed by atoms with Crippen LogP contribution >= 0.6 is 0 Å². The number of fused-ring (bicyclic) bond motifs is 7. The second kappa shape index (κ2) is 11.8. The molecular formula is C44H59NO4. The number of benzene rings is 2. The highest BCUT2D eigenvalue weighted by Gasteiger charge is 2.71. The van der Waals surface area contributed by atoms with Gasteiger partial charge in [-0.1, -0.05) is 77.1 Å². The number of hydrogen-bond donors (Lipinski definition) is 3. The molecule has 0 spiro atoms. The number of amides is 1. The van der Waals surface area contributed by atoms with E-state index in [2.05, 4.69) is 71.6 Å². The van der Waals surface area contributed by atoms with Crippen LogP contribution in [0.4, 0.5) is 5.69 Å². The fourth-order valence-electron chi connectivity index (χ4n) is 13.4. The topological polar surface area (TPSA) is 78.8 Å². The standard InChI is InChI=1S/C44H59NO4/c1-27(2)32-19-24-44(39(48)45-30-13-15-31(49-8)16-14-30)26-25-42(6)34(37(32)44)17-18-36-41(5)22-20-33(28-9-11-29(12-10-28)38(46)47)40(3,4)35(41)21-23-43(36,42)7/h9-16,20,32,34-38,46-47H,1,17-19,21-26H2,2-8H3,(H,45,48). The number of aliphatic hydroxyl groups excluding tert-OH is 1. The average molecular weight is 666 g/mol. The molecule has 2 aromatic rings. The van der Waals surface area contributed by atoms with Crippen molar-refractivity contribution in [2.45, 2.75) is 106 Å². The Labute approximate surface area is 294 Å². The predicted molar refractivity (Wildman–Crippen MR) is 198 cm³/mol. The third kappa shape index (κ3) is 4.95. The van der Waals surface area contributed by atoms with Crippen LogP contribution in [0.25, 0.3) is 5.57 Å². The Hall–Kier alpha value is -2.89. The average Bonchev–Trinajstić information content (AvgIpc) is 3.47. The first kappa shape index (κ1) is 34.6. The van der Waals surface area contributed by atoms with Crippen molar-refractivity contribution in [1.82, 2.24) is 0 Å². The zero-order valence-corrected chi connectivity index (χ0v) is 30.9. The largest absolute Gasteiger partial charge is 0.497 e. The van der Waals surface area contributed by atoms with Gasteiger partial charge in [-0.15, -0.1) is 0 Å². The summed E-state index contributed by atoms with van der Waals surface area (Å²) in [7, 11) is 1.67. The smallest absolute Gasteiger partial charge is 0.230 e. The van der Waals surface area contributed by atoms with Gasteiger partial charge in [0.15, 0.2) is 6.29 Å². The summed E-state index contributed by atoms with van der Waals surface area (Å²) in [6, 6.07) is 15.6. The van der Waals surface area contributed by atoms with Crippen LogP contribution in [0, 0.1) is 56.7 Å². The fraction of sp³-hybridized carbons (Fsp3) is 0.614. The molecule has 7 rings (SSSR count). The molecule has 0 bridgehead atoms. The Morgan fingerprint density at radius 2 is 1.55 bits per heavy atom. The van der Waals surface area contributed by atoms with Gasteiger partial charge >= 0.3 is 0 Å². The summed E-state index contributed by atoms with van der Waals surface area (Å²) in [6.45, 7) is 19.6. The summed E-state index contributed by atoms with van der Waals surface area (Å²) in [5.74, 6) is 3.39. The number of carbonyl (C=O) groups excluding carboxylic acids is 1. The van der Waals surface area contributed by atoms with Crippen molar-refractivity contribution < 1.29 is 19.7 Å². The first-order chi connectivity index (χ1) is 23.1. The van der Waals surface area contributed by atoms with Gasteiger partial charge < -0.3 is 20.3 Å². The van der Waals surface area contributed by atoms with E-state index in [1.807, 2.05) is 36.4 Å². The van der Waals surface area contributed by atoms with Crippen LogP contribution in [0.1, 0.15) is 117 Å². The molecule has 5 aliphatic carbocycles. The van der Waals surface area contributed by atoms with Gasteiger partial charge in [0.2, 0.25) is 5.91 Å². The number of ether oxygens (including phenoxy) is 1. The molecule has 0 aliphatic heterocycles. The van der Waals surface area contributed by atoms with E-state index in [0.717, 1.165) is 43.5 Å². The normalized spacial score (nSPS) is 39.1. The number of methoxy groups -OCH3 is 1. The molecule has 4 saturated carbocycles. The number of hydrogen-bond acceptors (Lipinski definition) is 4. The van der Waals surface area contributed by atoms with E-state index < -0.39 is 6.29 Å². The first-order valence-corrected chi connectivity index (χ1v) is 18.9. The lowest BCUT2D eigenvalue weighted by atomic mass is 9.32. The summed E-state index contributed by atoms with van der Waals surface area (Å²) in [5.41, 5.74) is 5.43. The molecular weight excluding hydrogens is 606 g/mol. The maximum Gasteiger partial charge on any atom is 0.230 e. The summed E-state index contributed by atoms with van der Waals surface area (Å²) >= 11 is 0. The lowest BCUT2D eigenvalue weighted by Crippen LogP contribution is -2.66. The SMILES string of the molecule is C=C(C)C1CCC2(C(=O)Nc3ccc(OC)cc3)CCC3(C)C(CCC4C5(C)CC=C(c6ccc(C(O)O)cc6)C(C)(C)C5CCC43C)C12. The monoisotopic (exact) mass is 665 g/mol. The van der Waals surface area contributed by atoms with Crippen LogP contribution < -0.4 is 10.1 Å². The molecule has 4 fully saturated rings. The molecule has 49 heavy (non-hydrogen) atoms. The second-order valence-electron chi connectivity index (χ2n) is 18.1. The third-order valence-electron chi connectivity index (χ3n) is 16.0. The first-order valence-electron chi connectivity index (χ1n) is 18.9. The lowest BCUT2D eigenvalue weighted by molar-refractivity contribution is -0.224. The molecule has 2 aromatic carbocycles. The Balaban J connectivity index is 1.21. The van der Waals surface area contributed by atoms with Crippen molar-refractivity contribution in [3.8, 4) is 5.75 Å². The number of aliphatic hydroxyl groups is 2. The van der Waals surface area contributed by atoms with E-state index in [-0.39, 0.29) is 33.0 Å². The van der Waals surface area contributed by atoms with Crippen LogP contribution in [0.5, 0.6) is 5.75 Å². The van der Waals surface area contributed by atoms with E-state index in [0.29, 0.717) is 35.2 Å². The Morgan fingerprint density at radius 1 is 0.857 bits per heavy atom. The van der Waals surface area contributed by atoms with Gasteiger partial charge in [-0.3, -0.25) is 4.79 Å². The number of rotatable bonds is 6. The van der Waals surface area contributed by atoms with Crippen LogP contribution in [-0.2, 0) is 4.79 Å². The van der Waals surface area contributed by atoms with Gasteiger partial charge in [-0.2, -0.15) is 0 Å².